The largest absolute Gasteiger partial charge is 0.486 e. The van der Waals surface area contributed by atoms with Crippen LogP contribution in [0.2, 0.25) is 0 Å². The summed E-state index contributed by atoms with van der Waals surface area (Å²) in [5.74, 6) is 1.97. The van der Waals surface area contributed by atoms with E-state index in [1.165, 1.54) is 12.1 Å². The highest BCUT2D eigenvalue weighted by Gasteiger charge is 2.20. The molecule has 0 unspecified atom stereocenters. The van der Waals surface area contributed by atoms with Gasteiger partial charge in [0.1, 0.15) is 19.0 Å². The normalized spacial score (nSPS) is 13.0. The van der Waals surface area contributed by atoms with Gasteiger partial charge in [-0.2, -0.15) is 0 Å². The van der Waals surface area contributed by atoms with E-state index in [0.717, 1.165) is 0 Å². The van der Waals surface area contributed by atoms with Crippen LogP contribution in [0.3, 0.4) is 0 Å². The Morgan fingerprint density at radius 2 is 1.52 bits per heavy atom. The Morgan fingerprint density at radius 1 is 0.815 bits per heavy atom. The van der Waals surface area contributed by atoms with Gasteiger partial charge in [-0.05, 0) is 36.4 Å². The summed E-state index contributed by atoms with van der Waals surface area (Å²) in [6.45, 7) is 0.833. The van der Waals surface area contributed by atoms with Crippen LogP contribution in [0.15, 0.2) is 77.7 Å². The average molecular weight is 383 g/mol. The molecule has 1 N–H and O–H groups in total. The van der Waals surface area contributed by atoms with Gasteiger partial charge < -0.3 is 14.2 Å². The monoisotopic (exact) mass is 383 g/mol. The Bertz CT molecular complexity index is 1050. The average Bonchev–Trinajstić information content (AvgIpc) is 2.70. The topological polar surface area (TPSA) is 73.9 Å². The van der Waals surface area contributed by atoms with E-state index >= 15 is 0 Å². The minimum absolute atomic E-state index is 0.0845. The first-order valence-corrected chi connectivity index (χ1v) is 9.84. The van der Waals surface area contributed by atoms with E-state index in [2.05, 4.69) is 4.72 Å². The van der Waals surface area contributed by atoms with Crippen LogP contribution in [-0.4, -0.2) is 21.6 Å². The van der Waals surface area contributed by atoms with Gasteiger partial charge in [-0.3, -0.25) is 4.72 Å². The van der Waals surface area contributed by atoms with Crippen molar-refractivity contribution in [1.82, 2.24) is 0 Å². The first-order valence-electron chi connectivity index (χ1n) is 8.36. The van der Waals surface area contributed by atoms with Crippen molar-refractivity contribution >= 4 is 15.7 Å². The van der Waals surface area contributed by atoms with E-state index in [0.29, 0.717) is 41.9 Å². The Labute approximate surface area is 157 Å². The molecule has 27 heavy (non-hydrogen) atoms. The van der Waals surface area contributed by atoms with Gasteiger partial charge in [0, 0.05) is 6.07 Å². The van der Waals surface area contributed by atoms with Gasteiger partial charge in [0.05, 0.1) is 10.6 Å². The van der Waals surface area contributed by atoms with Crippen LogP contribution in [0.25, 0.3) is 0 Å². The second-order valence-electron chi connectivity index (χ2n) is 5.82. The van der Waals surface area contributed by atoms with Crippen molar-refractivity contribution in [3.8, 4) is 23.0 Å². The number of fused-ring (bicyclic) bond motifs is 1. The van der Waals surface area contributed by atoms with Crippen LogP contribution in [-0.2, 0) is 10.0 Å². The lowest BCUT2D eigenvalue weighted by atomic mass is 10.3. The second kappa shape index (κ2) is 7.20. The third kappa shape index (κ3) is 3.83. The Kier molecular flexibility index (Phi) is 4.60. The number of para-hydroxylation sites is 3. The lowest BCUT2D eigenvalue weighted by Crippen LogP contribution is -2.17. The number of benzene rings is 3. The molecule has 6 nitrogen and oxygen atoms in total. The fourth-order valence-electron chi connectivity index (χ4n) is 2.65. The molecule has 0 saturated carbocycles. The van der Waals surface area contributed by atoms with E-state index in [1.54, 1.807) is 42.5 Å². The van der Waals surface area contributed by atoms with Crippen molar-refractivity contribution in [3.63, 3.8) is 0 Å². The van der Waals surface area contributed by atoms with Crippen LogP contribution in [0.1, 0.15) is 0 Å². The molecule has 1 heterocycles. The Morgan fingerprint density at radius 3 is 2.33 bits per heavy atom. The van der Waals surface area contributed by atoms with Gasteiger partial charge in [-0.1, -0.05) is 30.3 Å². The summed E-state index contributed by atoms with van der Waals surface area (Å²) in [5.41, 5.74) is 0.344. The third-order valence-electron chi connectivity index (χ3n) is 3.93. The maximum absolute atomic E-state index is 12.8. The van der Waals surface area contributed by atoms with Gasteiger partial charge in [0.15, 0.2) is 17.2 Å². The van der Waals surface area contributed by atoms with Gasteiger partial charge in [0.2, 0.25) is 0 Å². The Hall–Kier alpha value is -3.19. The smallest absolute Gasteiger partial charge is 0.262 e. The molecule has 138 valence electrons. The molecule has 0 saturated heterocycles. The summed E-state index contributed by atoms with van der Waals surface area (Å²) >= 11 is 0. The fourth-order valence-corrected chi connectivity index (χ4v) is 3.74. The van der Waals surface area contributed by atoms with Crippen molar-refractivity contribution in [2.45, 2.75) is 4.90 Å². The van der Waals surface area contributed by atoms with Crippen LogP contribution in [0, 0.1) is 0 Å². The number of nitrogens with one attached hydrogen (secondary N) is 1. The SMILES string of the molecule is O=S(=O)(Nc1ccccc1Oc1ccccc1)c1ccc2c(c1)OCCO2. The molecule has 4 rings (SSSR count). The minimum Gasteiger partial charge on any atom is -0.486 e. The number of sulfonamides is 1. The van der Waals surface area contributed by atoms with E-state index in [1.807, 2.05) is 18.2 Å². The number of ether oxygens (including phenoxy) is 3. The zero-order valence-corrected chi connectivity index (χ0v) is 15.1. The maximum atomic E-state index is 12.8. The lowest BCUT2D eigenvalue weighted by Gasteiger charge is -2.19. The van der Waals surface area contributed by atoms with Crippen LogP contribution in [0.5, 0.6) is 23.0 Å². The number of anilines is 1. The molecule has 0 amide bonds. The summed E-state index contributed by atoms with van der Waals surface area (Å²) in [7, 11) is -3.83. The molecular formula is C20H17NO5S. The zero-order valence-electron chi connectivity index (χ0n) is 14.3. The van der Waals surface area contributed by atoms with Crippen molar-refractivity contribution in [1.29, 1.82) is 0 Å². The summed E-state index contributed by atoms with van der Waals surface area (Å²) in [5, 5.41) is 0. The second-order valence-corrected chi connectivity index (χ2v) is 7.50. The minimum atomic E-state index is -3.83. The summed E-state index contributed by atoms with van der Waals surface area (Å²) in [6.07, 6.45) is 0. The molecule has 0 bridgehead atoms. The molecule has 0 spiro atoms. The lowest BCUT2D eigenvalue weighted by molar-refractivity contribution is 0.171. The van der Waals surface area contributed by atoms with E-state index in [4.69, 9.17) is 14.2 Å². The van der Waals surface area contributed by atoms with Crippen molar-refractivity contribution in [2.75, 3.05) is 17.9 Å². The molecule has 0 aliphatic carbocycles. The molecule has 0 atom stereocenters. The van der Waals surface area contributed by atoms with Crippen LogP contribution < -0.4 is 18.9 Å². The maximum Gasteiger partial charge on any atom is 0.262 e. The van der Waals surface area contributed by atoms with Crippen molar-refractivity contribution in [3.05, 3.63) is 72.8 Å². The first-order chi connectivity index (χ1) is 13.1. The molecule has 1 aliphatic rings. The predicted molar refractivity (Wildman–Crippen MR) is 101 cm³/mol. The molecule has 3 aromatic rings. The molecule has 0 radical (unpaired) electrons. The van der Waals surface area contributed by atoms with Crippen molar-refractivity contribution in [2.24, 2.45) is 0 Å². The summed E-state index contributed by atoms with van der Waals surface area (Å²) in [4.78, 5) is 0.0845. The van der Waals surface area contributed by atoms with Gasteiger partial charge in [-0.15, -0.1) is 0 Å². The molecular weight excluding hydrogens is 366 g/mol. The van der Waals surface area contributed by atoms with Crippen LogP contribution in [0.4, 0.5) is 5.69 Å². The molecule has 1 aliphatic heterocycles. The van der Waals surface area contributed by atoms with E-state index in [9.17, 15) is 8.42 Å². The standard InChI is InChI=1S/C20H17NO5S/c22-27(23,16-10-11-19-20(14-16)25-13-12-24-19)21-17-8-4-5-9-18(17)26-15-6-2-1-3-7-15/h1-11,14,21H,12-13H2. The summed E-state index contributed by atoms with van der Waals surface area (Å²) < 4.78 is 45.0. The summed E-state index contributed by atoms with van der Waals surface area (Å²) in [6, 6.07) is 20.6. The van der Waals surface area contributed by atoms with Crippen LogP contribution >= 0.6 is 0 Å². The zero-order chi connectivity index (χ0) is 18.7. The third-order valence-corrected chi connectivity index (χ3v) is 5.29. The van der Waals surface area contributed by atoms with E-state index in [-0.39, 0.29) is 4.90 Å². The number of rotatable bonds is 5. The highest BCUT2D eigenvalue weighted by atomic mass is 32.2. The fraction of sp³-hybridized carbons (Fsp3) is 0.100. The van der Waals surface area contributed by atoms with Gasteiger partial charge in [-0.25, -0.2) is 8.42 Å². The number of hydrogen-bond acceptors (Lipinski definition) is 5. The van der Waals surface area contributed by atoms with Gasteiger partial charge in [0.25, 0.3) is 10.0 Å². The predicted octanol–water partition coefficient (Wildman–Crippen LogP) is 4.05. The molecule has 0 fully saturated rings. The molecule has 3 aromatic carbocycles. The van der Waals surface area contributed by atoms with E-state index < -0.39 is 10.0 Å². The molecule has 0 aromatic heterocycles. The highest BCUT2D eigenvalue weighted by Crippen LogP contribution is 2.34. The first kappa shape index (κ1) is 17.2. The van der Waals surface area contributed by atoms with Gasteiger partial charge >= 0.3 is 0 Å². The number of hydrogen-bond donors (Lipinski definition) is 1. The quantitative estimate of drug-likeness (QED) is 0.719. The Balaban J connectivity index is 1.62. The van der Waals surface area contributed by atoms with Crippen molar-refractivity contribution < 1.29 is 22.6 Å². The molecule has 7 heteroatoms. The highest BCUT2D eigenvalue weighted by molar-refractivity contribution is 7.92.